The highest BCUT2D eigenvalue weighted by molar-refractivity contribution is 7.92. The lowest BCUT2D eigenvalue weighted by Gasteiger charge is -2.24. The van der Waals surface area contributed by atoms with Crippen LogP contribution >= 0.6 is 0 Å². The van der Waals surface area contributed by atoms with Crippen LogP contribution in [0.15, 0.2) is 59.5 Å². The monoisotopic (exact) mass is 305 g/mol. The van der Waals surface area contributed by atoms with E-state index in [2.05, 4.69) is 0 Å². The molecule has 0 unspecified atom stereocenters. The molecule has 0 fully saturated rings. The third kappa shape index (κ3) is 2.90. The van der Waals surface area contributed by atoms with Crippen LogP contribution < -0.4 is 4.31 Å². The molecule has 0 radical (unpaired) electrons. The fourth-order valence-corrected chi connectivity index (χ4v) is 3.58. The van der Waals surface area contributed by atoms with Crippen molar-refractivity contribution in [1.29, 1.82) is 0 Å². The van der Waals surface area contributed by atoms with Crippen molar-refractivity contribution < 1.29 is 18.3 Å². The van der Waals surface area contributed by atoms with E-state index in [1.807, 2.05) is 0 Å². The molecule has 110 valence electrons. The molecule has 0 atom stereocenters. The minimum Gasteiger partial charge on any atom is -0.478 e. The lowest BCUT2D eigenvalue weighted by atomic mass is 10.2. The molecule has 0 aliphatic heterocycles. The molecule has 2 rings (SSSR count). The molecule has 2 aromatic rings. The zero-order chi connectivity index (χ0) is 15.5. The summed E-state index contributed by atoms with van der Waals surface area (Å²) < 4.78 is 26.4. The Hall–Kier alpha value is -2.34. The van der Waals surface area contributed by atoms with Gasteiger partial charge in [-0.05, 0) is 31.2 Å². The predicted octanol–water partition coefficient (Wildman–Crippen LogP) is 2.60. The van der Waals surface area contributed by atoms with E-state index >= 15 is 0 Å². The van der Waals surface area contributed by atoms with Gasteiger partial charge in [0.2, 0.25) is 0 Å². The maximum atomic E-state index is 12.7. The highest BCUT2D eigenvalue weighted by atomic mass is 32.2. The summed E-state index contributed by atoms with van der Waals surface area (Å²) in [7, 11) is -3.79. The number of sulfonamides is 1. The van der Waals surface area contributed by atoms with Gasteiger partial charge in [0, 0.05) is 6.54 Å². The van der Waals surface area contributed by atoms with Crippen molar-refractivity contribution in [3.05, 3.63) is 60.2 Å². The Morgan fingerprint density at radius 2 is 1.62 bits per heavy atom. The molecular formula is C15H15NO4S. The van der Waals surface area contributed by atoms with Crippen LogP contribution in [0.4, 0.5) is 5.69 Å². The molecule has 0 aliphatic rings. The topological polar surface area (TPSA) is 74.7 Å². The van der Waals surface area contributed by atoms with Crippen molar-refractivity contribution in [3.63, 3.8) is 0 Å². The maximum Gasteiger partial charge on any atom is 0.337 e. The van der Waals surface area contributed by atoms with Gasteiger partial charge in [-0.15, -0.1) is 0 Å². The molecule has 0 aliphatic carbocycles. The van der Waals surface area contributed by atoms with Crippen molar-refractivity contribution >= 4 is 21.7 Å². The van der Waals surface area contributed by atoms with Crippen LogP contribution in [0.3, 0.4) is 0 Å². The molecule has 1 N–H and O–H groups in total. The van der Waals surface area contributed by atoms with Crippen LogP contribution in [0.5, 0.6) is 0 Å². The second-order valence-electron chi connectivity index (χ2n) is 4.31. The minimum atomic E-state index is -3.79. The summed E-state index contributed by atoms with van der Waals surface area (Å²) in [5.74, 6) is -1.16. The van der Waals surface area contributed by atoms with Gasteiger partial charge in [0.1, 0.15) is 0 Å². The van der Waals surface area contributed by atoms with E-state index in [9.17, 15) is 18.3 Å². The summed E-state index contributed by atoms with van der Waals surface area (Å²) in [5, 5.41) is 9.22. The first-order valence-corrected chi connectivity index (χ1v) is 7.82. The van der Waals surface area contributed by atoms with Crippen LogP contribution in [0, 0.1) is 0 Å². The Labute approximate surface area is 123 Å². The standard InChI is InChI=1S/C15H15NO4S/c1-2-16(14-11-7-6-10-13(14)15(17)18)21(19,20)12-8-4-3-5-9-12/h3-11H,2H2,1H3,(H,17,18). The van der Waals surface area contributed by atoms with Gasteiger partial charge in [-0.25, -0.2) is 13.2 Å². The number of hydrogen-bond acceptors (Lipinski definition) is 3. The van der Waals surface area contributed by atoms with E-state index in [0.717, 1.165) is 4.31 Å². The Balaban J connectivity index is 2.58. The number of nitrogens with zero attached hydrogens (tertiary/aromatic N) is 1. The molecular weight excluding hydrogens is 290 g/mol. The Bertz CT molecular complexity index is 741. The summed E-state index contributed by atoms with van der Waals surface area (Å²) in [4.78, 5) is 11.4. The Kier molecular flexibility index (Phi) is 4.28. The van der Waals surface area contributed by atoms with Crippen LogP contribution in [0.25, 0.3) is 0 Å². The first kappa shape index (κ1) is 15.1. The number of para-hydroxylation sites is 1. The second kappa shape index (κ2) is 5.97. The third-order valence-corrected chi connectivity index (χ3v) is 4.92. The van der Waals surface area contributed by atoms with Crippen molar-refractivity contribution in [2.45, 2.75) is 11.8 Å². The average molecular weight is 305 g/mol. The summed E-state index contributed by atoms with van der Waals surface area (Å²) in [6.07, 6.45) is 0. The maximum absolute atomic E-state index is 12.7. The first-order chi connectivity index (χ1) is 9.98. The molecule has 21 heavy (non-hydrogen) atoms. The van der Waals surface area contributed by atoms with Crippen molar-refractivity contribution in [3.8, 4) is 0 Å². The first-order valence-electron chi connectivity index (χ1n) is 6.38. The van der Waals surface area contributed by atoms with Gasteiger partial charge in [-0.2, -0.15) is 0 Å². The van der Waals surface area contributed by atoms with E-state index in [1.54, 1.807) is 37.3 Å². The molecule has 5 nitrogen and oxygen atoms in total. The smallest absolute Gasteiger partial charge is 0.337 e. The lowest BCUT2D eigenvalue weighted by molar-refractivity contribution is 0.0698. The molecule has 6 heteroatoms. The quantitative estimate of drug-likeness (QED) is 0.921. The summed E-state index contributed by atoms with van der Waals surface area (Å²) >= 11 is 0. The van der Waals surface area contributed by atoms with Crippen LogP contribution in [0.1, 0.15) is 17.3 Å². The Morgan fingerprint density at radius 1 is 1.05 bits per heavy atom. The number of carboxylic acids is 1. The van der Waals surface area contributed by atoms with E-state index in [1.165, 1.54) is 24.3 Å². The van der Waals surface area contributed by atoms with Crippen LogP contribution in [-0.2, 0) is 10.0 Å². The largest absolute Gasteiger partial charge is 0.478 e. The SMILES string of the molecule is CCN(c1ccccc1C(=O)O)S(=O)(=O)c1ccccc1. The number of aromatic carboxylic acids is 1. The third-order valence-electron chi connectivity index (χ3n) is 3.02. The zero-order valence-corrected chi connectivity index (χ0v) is 12.2. The molecule has 0 spiro atoms. The molecule has 2 aromatic carbocycles. The van der Waals surface area contributed by atoms with Gasteiger partial charge in [-0.3, -0.25) is 4.31 Å². The van der Waals surface area contributed by atoms with Gasteiger partial charge in [0.15, 0.2) is 0 Å². The number of hydrogen-bond donors (Lipinski definition) is 1. The molecule has 0 heterocycles. The molecule has 0 saturated carbocycles. The summed E-state index contributed by atoms with van der Waals surface area (Å²) in [5.41, 5.74) is 0.121. The van der Waals surface area contributed by atoms with Gasteiger partial charge in [0.05, 0.1) is 16.1 Å². The Morgan fingerprint density at radius 3 is 2.19 bits per heavy atom. The molecule has 0 saturated heterocycles. The average Bonchev–Trinajstić information content (AvgIpc) is 2.49. The molecule has 0 aromatic heterocycles. The van der Waals surface area contributed by atoms with Crippen LogP contribution in [0.2, 0.25) is 0 Å². The number of rotatable bonds is 5. The van der Waals surface area contributed by atoms with Crippen molar-refractivity contribution in [2.24, 2.45) is 0 Å². The summed E-state index contributed by atoms with van der Waals surface area (Å²) in [6, 6.07) is 14.0. The van der Waals surface area contributed by atoms with E-state index in [-0.39, 0.29) is 22.7 Å². The zero-order valence-electron chi connectivity index (χ0n) is 11.4. The van der Waals surface area contributed by atoms with Gasteiger partial charge < -0.3 is 5.11 Å². The van der Waals surface area contributed by atoms with Gasteiger partial charge >= 0.3 is 5.97 Å². The number of carboxylic acid groups (broad SMARTS) is 1. The van der Waals surface area contributed by atoms with Crippen molar-refractivity contribution in [2.75, 3.05) is 10.8 Å². The minimum absolute atomic E-state index is 0.0427. The predicted molar refractivity (Wildman–Crippen MR) is 80.0 cm³/mol. The van der Waals surface area contributed by atoms with E-state index in [4.69, 9.17) is 0 Å². The number of anilines is 1. The molecule has 0 amide bonds. The van der Waals surface area contributed by atoms with Gasteiger partial charge in [0.25, 0.3) is 10.0 Å². The normalized spacial score (nSPS) is 11.1. The second-order valence-corrected chi connectivity index (χ2v) is 6.17. The fourth-order valence-electron chi connectivity index (χ4n) is 2.06. The number of benzene rings is 2. The summed E-state index contributed by atoms with van der Waals surface area (Å²) in [6.45, 7) is 1.81. The highest BCUT2D eigenvalue weighted by Gasteiger charge is 2.26. The fraction of sp³-hybridized carbons (Fsp3) is 0.133. The molecule has 0 bridgehead atoms. The number of carbonyl (C=O) groups is 1. The van der Waals surface area contributed by atoms with Crippen molar-refractivity contribution in [1.82, 2.24) is 0 Å². The van der Waals surface area contributed by atoms with Crippen LogP contribution in [-0.4, -0.2) is 26.0 Å². The van der Waals surface area contributed by atoms with E-state index < -0.39 is 16.0 Å². The van der Waals surface area contributed by atoms with Gasteiger partial charge in [-0.1, -0.05) is 30.3 Å². The lowest BCUT2D eigenvalue weighted by Crippen LogP contribution is -2.32. The highest BCUT2D eigenvalue weighted by Crippen LogP contribution is 2.26. The van der Waals surface area contributed by atoms with E-state index in [0.29, 0.717) is 0 Å².